The van der Waals surface area contributed by atoms with E-state index >= 15 is 0 Å². The third-order valence-corrected chi connectivity index (χ3v) is 6.37. The van der Waals surface area contributed by atoms with Gasteiger partial charge in [0.2, 0.25) is 5.91 Å². The first kappa shape index (κ1) is 16.7. The summed E-state index contributed by atoms with van der Waals surface area (Å²) in [5.41, 5.74) is 2.62. The molecule has 1 aromatic rings. The van der Waals surface area contributed by atoms with Crippen LogP contribution in [0.4, 0.5) is 8.78 Å². The lowest BCUT2D eigenvalue weighted by Crippen LogP contribution is -2.47. The predicted octanol–water partition coefficient (Wildman–Crippen LogP) is 4.41. The first-order chi connectivity index (χ1) is 11.9. The van der Waals surface area contributed by atoms with Crippen LogP contribution in [0.2, 0.25) is 0 Å². The zero-order chi connectivity index (χ0) is 17.6. The van der Waals surface area contributed by atoms with Gasteiger partial charge in [0.15, 0.2) is 0 Å². The maximum absolute atomic E-state index is 13.8. The van der Waals surface area contributed by atoms with Crippen molar-refractivity contribution in [2.75, 3.05) is 0 Å². The van der Waals surface area contributed by atoms with Gasteiger partial charge in [-0.3, -0.25) is 4.79 Å². The smallest absolute Gasteiger partial charge is 0.240 e. The molecule has 4 aliphatic rings. The van der Waals surface area contributed by atoms with Crippen molar-refractivity contribution in [1.82, 2.24) is 5.43 Å². The average molecular weight is 346 g/mol. The Balaban J connectivity index is 1.43. The molecule has 0 spiro atoms. The lowest BCUT2D eigenvalue weighted by atomic mass is 9.49. The molecule has 5 heteroatoms. The zero-order valence-corrected chi connectivity index (χ0v) is 14.5. The van der Waals surface area contributed by atoms with E-state index in [1.807, 2.05) is 0 Å². The van der Waals surface area contributed by atoms with Crippen molar-refractivity contribution >= 4 is 11.6 Å². The number of hydrazone groups is 1. The Morgan fingerprint density at radius 2 is 1.64 bits per heavy atom. The van der Waals surface area contributed by atoms with E-state index in [1.54, 1.807) is 0 Å². The third-order valence-electron chi connectivity index (χ3n) is 6.37. The lowest BCUT2D eigenvalue weighted by Gasteiger charge is -2.56. The molecule has 0 saturated heterocycles. The van der Waals surface area contributed by atoms with Crippen LogP contribution in [0.25, 0.3) is 0 Å². The van der Waals surface area contributed by atoms with E-state index in [1.165, 1.54) is 44.4 Å². The molecule has 3 nitrogen and oxygen atoms in total. The van der Waals surface area contributed by atoms with Gasteiger partial charge in [0.05, 0.1) is 11.3 Å². The fraction of sp³-hybridized carbons (Fsp3) is 0.600. The Morgan fingerprint density at radius 1 is 1.12 bits per heavy atom. The van der Waals surface area contributed by atoms with Gasteiger partial charge in [-0.05, 0) is 80.8 Å². The highest BCUT2D eigenvalue weighted by molar-refractivity contribution is 5.99. The molecule has 4 fully saturated rings. The molecule has 0 aliphatic heterocycles. The Labute approximate surface area is 146 Å². The topological polar surface area (TPSA) is 41.5 Å². The largest absolute Gasteiger partial charge is 0.273 e. The summed E-state index contributed by atoms with van der Waals surface area (Å²) in [6.07, 6.45) is 7.94. The summed E-state index contributed by atoms with van der Waals surface area (Å²) >= 11 is 0. The highest BCUT2D eigenvalue weighted by Gasteiger charge is 2.51. The summed E-state index contributed by atoms with van der Waals surface area (Å²) in [6.45, 7) is 1.51. The van der Waals surface area contributed by atoms with Gasteiger partial charge in [0.25, 0.3) is 0 Å². The Hall–Kier alpha value is -1.78. The van der Waals surface area contributed by atoms with Crippen LogP contribution in [-0.2, 0) is 4.79 Å². The van der Waals surface area contributed by atoms with Gasteiger partial charge in [0, 0.05) is 6.42 Å². The van der Waals surface area contributed by atoms with Crippen molar-refractivity contribution in [2.24, 2.45) is 28.3 Å². The van der Waals surface area contributed by atoms with Crippen molar-refractivity contribution in [1.29, 1.82) is 0 Å². The van der Waals surface area contributed by atoms with Gasteiger partial charge in [-0.2, -0.15) is 5.10 Å². The summed E-state index contributed by atoms with van der Waals surface area (Å²) in [4.78, 5) is 12.4. The molecule has 4 saturated carbocycles. The van der Waals surface area contributed by atoms with Crippen molar-refractivity contribution in [2.45, 2.75) is 51.9 Å². The van der Waals surface area contributed by atoms with E-state index in [2.05, 4.69) is 10.5 Å². The Bertz CT molecular complexity index is 673. The Kier molecular flexibility index (Phi) is 4.13. The quantitative estimate of drug-likeness (QED) is 0.637. The van der Waals surface area contributed by atoms with E-state index in [9.17, 15) is 13.6 Å². The number of carbonyl (C=O) groups is 1. The first-order valence-corrected chi connectivity index (χ1v) is 9.22. The normalized spacial score (nSPS) is 33.6. The second-order valence-electron chi connectivity index (χ2n) is 8.42. The van der Waals surface area contributed by atoms with Crippen LogP contribution >= 0.6 is 0 Å². The number of rotatable bonds is 4. The fourth-order valence-corrected chi connectivity index (χ4v) is 5.93. The minimum Gasteiger partial charge on any atom is -0.273 e. The molecule has 4 aliphatic carbocycles. The molecule has 0 atom stereocenters. The fourth-order valence-electron chi connectivity index (χ4n) is 5.93. The molecule has 0 radical (unpaired) electrons. The van der Waals surface area contributed by atoms with Crippen LogP contribution in [0.15, 0.2) is 23.3 Å². The molecule has 4 bridgehead atoms. The van der Waals surface area contributed by atoms with E-state index in [0.29, 0.717) is 6.42 Å². The number of hydrogen-bond donors (Lipinski definition) is 1. The highest BCUT2D eigenvalue weighted by atomic mass is 19.1. The molecular formula is C20H24F2N2O. The lowest BCUT2D eigenvalue weighted by molar-refractivity contribution is -0.129. The van der Waals surface area contributed by atoms with Crippen LogP contribution < -0.4 is 5.43 Å². The standard InChI is InChI=1S/C20H24F2N2O/c1-12(19-16(21)3-2-4-17(19)22)23-24-18(25)11-20-8-13-5-14(9-20)7-15(6-13)10-20/h2-4,13-15H,5-11H2,1H3,(H,24,25)/b23-12-. The monoisotopic (exact) mass is 346 g/mol. The number of carbonyl (C=O) groups excluding carboxylic acids is 1. The van der Waals surface area contributed by atoms with Crippen LogP contribution in [-0.4, -0.2) is 11.6 Å². The van der Waals surface area contributed by atoms with E-state index in [-0.39, 0.29) is 22.6 Å². The van der Waals surface area contributed by atoms with Crippen molar-refractivity contribution in [3.63, 3.8) is 0 Å². The van der Waals surface area contributed by atoms with Gasteiger partial charge in [-0.15, -0.1) is 0 Å². The predicted molar refractivity (Wildman–Crippen MR) is 91.9 cm³/mol. The average Bonchev–Trinajstić information content (AvgIpc) is 2.51. The molecule has 5 rings (SSSR count). The Morgan fingerprint density at radius 3 is 2.16 bits per heavy atom. The minimum atomic E-state index is -0.670. The van der Waals surface area contributed by atoms with Crippen LogP contribution in [0, 0.1) is 34.8 Å². The molecule has 0 unspecified atom stereocenters. The molecule has 0 heterocycles. The van der Waals surface area contributed by atoms with Crippen LogP contribution in [0.3, 0.4) is 0 Å². The van der Waals surface area contributed by atoms with Crippen molar-refractivity contribution in [3.8, 4) is 0 Å². The zero-order valence-electron chi connectivity index (χ0n) is 14.5. The van der Waals surface area contributed by atoms with E-state index in [0.717, 1.165) is 37.0 Å². The summed E-state index contributed by atoms with van der Waals surface area (Å²) < 4.78 is 27.6. The first-order valence-electron chi connectivity index (χ1n) is 9.22. The van der Waals surface area contributed by atoms with Crippen LogP contribution in [0.1, 0.15) is 57.4 Å². The molecule has 1 amide bonds. The maximum Gasteiger partial charge on any atom is 0.240 e. The summed E-state index contributed by atoms with van der Waals surface area (Å²) in [7, 11) is 0. The highest BCUT2D eigenvalue weighted by Crippen LogP contribution is 2.61. The van der Waals surface area contributed by atoms with Crippen molar-refractivity contribution in [3.05, 3.63) is 35.4 Å². The summed E-state index contributed by atoms with van der Waals surface area (Å²) in [5, 5.41) is 3.95. The summed E-state index contributed by atoms with van der Waals surface area (Å²) in [5.74, 6) is 0.886. The number of halogens is 2. The molecule has 134 valence electrons. The molecule has 1 N–H and O–H groups in total. The third kappa shape index (κ3) is 3.21. The van der Waals surface area contributed by atoms with Gasteiger partial charge >= 0.3 is 0 Å². The van der Waals surface area contributed by atoms with Gasteiger partial charge < -0.3 is 0 Å². The number of benzene rings is 1. The maximum atomic E-state index is 13.8. The van der Waals surface area contributed by atoms with E-state index in [4.69, 9.17) is 0 Å². The number of hydrogen-bond acceptors (Lipinski definition) is 2. The van der Waals surface area contributed by atoms with Crippen molar-refractivity contribution < 1.29 is 13.6 Å². The number of nitrogens with one attached hydrogen (secondary N) is 1. The SMILES string of the molecule is C/C(=N/NC(=O)CC12CC3CC(CC(C3)C1)C2)c1c(F)cccc1F. The second-order valence-corrected chi connectivity index (χ2v) is 8.42. The van der Waals surface area contributed by atoms with E-state index < -0.39 is 11.6 Å². The minimum absolute atomic E-state index is 0.130. The van der Waals surface area contributed by atoms with Gasteiger partial charge in [-0.25, -0.2) is 14.2 Å². The number of amides is 1. The second kappa shape index (κ2) is 6.19. The molecule has 0 aromatic heterocycles. The number of nitrogens with zero attached hydrogens (tertiary/aromatic N) is 1. The summed E-state index contributed by atoms with van der Waals surface area (Å²) in [6, 6.07) is 3.69. The molecule has 1 aromatic carbocycles. The van der Waals surface area contributed by atoms with Gasteiger partial charge in [0.1, 0.15) is 11.6 Å². The van der Waals surface area contributed by atoms with Crippen LogP contribution in [0.5, 0.6) is 0 Å². The molecule has 25 heavy (non-hydrogen) atoms. The van der Waals surface area contributed by atoms with Gasteiger partial charge in [-0.1, -0.05) is 6.07 Å². The molecular weight excluding hydrogens is 322 g/mol.